The van der Waals surface area contributed by atoms with Crippen LogP contribution in [0.15, 0.2) is 52.9 Å². The summed E-state index contributed by atoms with van der Waals surface area (Å²) in [6.07, 6.45) is 0. The Hall–Kier alpha value is -3.44. The number of aromatic nitrogens is 2. The molecule has 0 radical (unpaired) electrons. The van der Waals surface area contributed by atoms with Gasteiger partial charge in [0.05, 0.1) is 30.2 Å². The highest BCUT2D eigenvalue weighted by atomic mass is 32.2. The molecule has 11 heteroatoms. The Morgan fingerprint density at radius 3 is 2.45 bits per heavy atom. The van der Waals surface area contributed by atoms with E-state index >= 15 is 0 Å². The summed E-state index contributed by atoms with van der Waals surface area (Å²) in [5.74, 6) is -0.394. The molecule has 3 rings (SSSR count). The fourth-order valence-electron chi connectivity index (χ4n) is 2.65. The lowest BCUT2D eigenvalue weighted by Crippen LogP contribution is -2.17. The van der Waals surface area contributed by atoms with Crippen LogP contribution >= 0.6 is 23.1 Å². The minimum absolute atomic E-state index is 0.0542. The number of benzene rings is 2. The summed E-state index contributed by atoms with van der Waals surface area (Å²) in [5, 5.41) is 13.7. The number of carbonyl (C=O) groups excluding carboxylic acids is 3. The largest absolute Gasteiger partial charge is 0.494 e. The molecule has 0 aliphatic heterocycles. The summed E-state index contributed by atoms with van der Waals surface area (Å²) in [6, 6.07) is 13.4. The summed E-state index contributed by atoms with van der Waals surface area (Å²) in [7, 11) is 0. The molecule has 0 saturated heterocycles. The Bertz CT molecular complexity index is 1120. The smallest absolute Gasteiger partial charge is 0.340 e. The molecule has 9 nitrogen and oxygen atoms in total. The SMILES string of the molecule is CCOC(=O)c1ccccc1NC(=O)CSc1nnc(NC(=O)c2ccc(OCC)cc2)s1. The number of anilines is 2. The number of ether oxygens (including phenoxy) is 2. The number of nitrogens with zero attached hydrogens (tertiary/aromatic N) is 2. The van der Waals surface area contributed by atoms with E-state index in [4.69, 9.17) is 9.47 Å². The second-order valence-electron chi connectivity index (χ2n) is 6.39. The first-order valence-corrected chi connectivity index (χ1v) is 11.9. The molecule has 0 aliphatic carbocycles. The number of nitrogens with one attached hydrogen (secondary N) is 2. The van der Waals surface area contributed by atoms with Crippen molar-refractivity contribution in [3.05, 3.63) is 59.7 Å². The molecule has 0 fully saturated rings. The molecule has 1 aromatic heterocycles. The molecule has 0 aliphatic rings. The van der Waals surface area contributed by atoms with Crippen molar-refractivity contribution in [2.45, 2.75) is 18.2 Å². The lowest BCUT2D eigenvalue weighted by molar-refractivity contribution is -0.113. The standard InChI is InChI=1S/C22H22N4O5S2/c1-3-30-15-11-9-14(10-12-15)19(28)24-21-25-26-22(33-21)32-13-18(27)23-17-8-6-5-7-16(17)20(29)31-4-2/h5-12H,3-4,13H2,1-2H3,(H,23,27)(H,24,25,28). The fourth-order valence-corrected chi connectivity index (χ4v) is 4.20. The summed E-state index contributed by atoms with van der Waals surface area (Å²) < 4.78 is 10.9. The van der Waals surface area contributed by atoms with Gasteiger partial charge in [0.25, 0.3) is 5.91 Å². The molecule has 2 aromatic carbocycles. The van der Waals surface area contributed by atoms with E-state index in [1.807, 2.05) is 6.92 Å². The molecule has 0 unspecified atom stereocenters. The third kappa shape index (κ3) is 7.02. The highest BCUT2D eigenvalue weighted by molar-refractivity contribution is 8.01. The van der Waals surface area contributed by atoms with Crippen LogP contribution in [-0.2, 0) is 9.53 Å². The molecule has 2 amide bonds. The van der Waals surface area contributed by atoms with Crippen molar-refractivity contribution in [3.63, 3.8) is 0 Å². The van der Waals surface area contributed by atoms with Gasteiger partial charge in [0, 0.05) is 5.56 Å². The highest BCUT2D eigenvalue weighted by Crippen LogP contribution is 2.26. The van der Waals surface area contributed by atoms with Crippen LogP contribution in [0.3, 0.4) is 0 Å². The second-order valence-corrected chi connectivity index (χ2v) is 8.59. The number of carbonyl (C=O) groups is 3. The molecule has 0 spiro atoms. The van der Waals surface area contributed by atoms with E-state index in [-0.39, 0.29) is 29.7 Å². The van der Waals surface area contributed by atoms with Crippen LogP contribution in [0.5, 0.6) is 5.75 Å². The number of hydrogen-bond acceptors (Lipinski definition) is 9. The highest BCUT2D eigenvalue weighted by Gasteiger charge is 2.15. The van der Waals surface area contributed by atoms with E-state index in [0.717, 1.165) is 11.3 Å². The lowest BCUT2D eigenvalue weighted by Gasteiger charge is -2.09. The van der Waals surface area contributed by atoms with Crippen molar-refractivity contribution in [2.24, 2.45) is 0 Å². The molecule has 1 heterocycles. The van der Waals surface area contributed by atoms with E-state index < -0.39 is 5.97 Å². The molecular formula is C22H22N4O5S2. The van der Waals surface area contributed by atoms with Gasteiger partial charge in [0.15, 0.2) is 4.34 Å². The molecule has 0 saturated carbocycles. The third-order valence-electron chi connectivity index (χ3n) is 4.08. The van der Waals surface area contributed by atoms with Gasteiger partial charge in [0.2, 0.25) is 11.0 Å². The minimum atomic E-state index is -0.502. The van der Waals surface area contributed by atoms with E-state index in [1.165, 1.54) is 11.8 Å². The van der Waals surface area contributed by atoms with Crippen molar-refractivity contribution in [3.8, 4) is 5.75 Å². The third-order valence-corrected chi connectivity index (χ3v) is 6.05. The lowest BCUT2D eigenvalue weighted by atomic mass is 10.2. The summed E-state index contributed by atoms with van der Waals surface area (Å²) >= 11 is 2.33. The monoisotopic (exact) mass is 486 g/mol. The van der Waals surface area contributed by atoms with E-state index in [9.17, 15) is 14.4 Å². The quantitative estimate of drug-likeness (QED) is 0.250. The molecule has 0 bridgehead atoms. The first-order valence-electron chi connectivity index (χ1n) is 10.1. The van der Waals surface area contributed by atoms with Crippen molar-refractivity contribution in [1.29, 1.82) is 0 Å². The molecule has 0 atom stereocenters. The zero-order valence-corrected chi connectivity index (χ0v) is 19.6. The Balaban J connectivity index is 1.52. The Kier molecular flexibility index (Phi) is 8.79. The maximum Gasteiger partial charge on any atom is 0.340 e. The number of esters is 1. The number of hydrogen-bond donors (Lipinski definition) is 2. The van der Waals surface area contributed by atoms with Crippen LogP contribution in [-0.4, -0.2) is 46.9 Å². The van der Waals surface area contributed by atoms with Crippen molar-refractivity contribution < 1.29 is 23.9 Å². The van der Waals surface area contributed by atoms with Crippen LogP contribution in [0.1, 0.15) is 34.6 Å². The van der Waals surface area contributed by atoms with Crippen molar-refractivity contribution >= 4 is 51.7 Å². The van der Waals surface area contributed by atoms with Crippen LogP contribution in [0.2, 0.25) is 0 Å². The fraction of sp³-hybridized carbons (Fsp3) is 0.227. The maximum absolute atomic E-state index is 12.4. The van der Waals surface area contributed by atoms with Gasteiger partial charge in [-0.1, -0.05) is 35.2 Å². The zero-order chi connectivity index (χ0) is 23.6. The van der Waals surface area contributed by atoms with Crippen LogP contribution < -0.4 is 15.4 Å². The second kappa shape index (κ2) is 12.0. The first kappa shape index (κ1) is 24.2. The number of para-hydroxylation sites is 1. The van der Waals surface area contributed by atoms with Crippen molar-refractivity contribution in [2.75, 3.05) is 29.6 Å². The molecule has 33 heavy (non-hydrogen) atoms. The summed E-state index contributed by atoms with van der Waals surface area (Å²) in [6.45, 7) is 4.39. The van der Waals surface area contributed by atoms with E-state index in [2.05, 4.69) is 20.8 Å². The molecule has 2 N–H and O–H groups in total. The summed E-state index contributed by atoms with van der Waals surface area (Å²) in [4.78, 5) is 36.8. The summed E-state index contributed by atoms with van der Waals surface area (Å²) in [5.41, 5.74) is 1.12. The number of amides is 2. The predicted octanol–water partition coefficient (Wildman–Crippen LogP) is 4.10. The Morgan fingerprint density at radius 2 is 1.73 bits per heavy atom. The minimum Gasteiger partial charge on any atom is -0.494 e. The van der Waals surface area contributed by atoms with Gasteiger partial charge in [0.1, 0.15) is 5.75 Å². The van der Waals surface area contributed by atoms with Gasteiger partial charge < -0.3 is 14.8 Å². The van der Waals surface area contributed by atoms with Gasteiger partial charge in [-0.15, -0.1) is 10.2 Å². The van der Waals surface area contributed by atoms with Gasteiger partial charge in [-0.25, -0.2) is 4.79 Å². The van der Waals surface area contributed by atoms with E-state index in [0.29, 0.717) is 33.1 Å². The van der Waals surface area contributed by atoms with Gasteiger partial charge in [-0.2, -0.15) is 0 Å². The Labute approximate surface area is 198 Å². The van der Waals surface area contributed by atoms with Crippen LogP contribution in [0.4, 0.5) is 10.8 Å². The Morgan fingerprint density at radius 1 is 0.970 bits per heavy atom. The average Bonchev–Trinajstić information content (AvgIpc) is 3.26. The van der Waals surface area contributed by atoms with Crippen LogP contribution in [0.25, 0.3) is 0 Å². The number of rotatable bonds is 10. The van der Waals surface area contributed by atoms with Crippen molar-refractivity contribution in [1.82, 2.24) is 10.2 Å². The van der Waals surface area contributed by atoms with Gasteiger partial charge in [-0.05, 0) is 50.2 Å². The predicted molar refractivity (Wildman–Crippen MR) is 127 cm³/mol. The van der Waals surface area contributed by atoms with Gasteiger partial charge in [-0.3, -0.25) is 14.9 Å². The molecular weight excluding hydrogens is 464 g/mol. The van der Waals surface area contributed by atoms with Crippen LogP contribution in [0, 0.1) is 0 Å². The topological polar surface area (TPSA) is 120 Å². The number of thioether (sulfide) groups is 1. The zero-order valence-electron chi connectivity index (χ0n) is 18.0. The average molecular weight is 487 g/mol. The molecule has 172 valence electrons. The normalized spacial score (nSPS) is 10.4. The van der Waals surface area contributed by atoms with E-state index in [1.54, 1.807) is 55.5 Å². The first-order chi connectivity index (χ1) is 16.0. The maximum atomic E-state index is 12.4. The molecule has 3 aromatic rings. The van der Waals surface area contributed by atoms with Gasteiger partial charge >= 0.3 is 5.97 Å².